The smallest absolute Gasteiger partial charge is 0.279 e. The Labute approximate surface area is 157 Å². The highest BCUT2D eigenvalue weighted by Gasteiger charge is 2.34. The van der Waals surface area contributed by atoms with Crippen LogP contribution in [0.3, 0.4) is 0 Å². The summed E-state index contributed by atoms with van der Waals surface area (Å²) in [5, 5.41) is 3.90. The number of halogens is 2. The molecule has 2 N–H and O–H groups in total. The molecule has 1 unspecified atom stereocenters. The van der Waals surface area contributed by atoms with Crippen LogP contribution in [0.1, 0.15) is 18.4 Å². The first kappa shape index (κ1) is 18.1. The molecule has 0 radical (unpaired) electrons. The zero-order valence-corrected chi connectivity index (χ0v) is 15.5. The number of hydrogen-bond acceptors (Lipinski definition) is 2. The quantitative estimate of drug-likeness (QED) is 0.775. The molecule has 6 heteroatoms. The summed E-state index contributed by atoms with van der Waals surface area (Å²) in [6, 6.07) is 13.6. The molecule has 0 spiro atoms. The van der Waals surface area contributed by atoms with Gasteiger partial charge in [0.1, 0.15) is 12.3 Å². The van der Waals surface area contributed by atoms with Crippen LogP contribution < -0.4 is 15.0 Å². The SMILES string of the molecule is COc1ccc(C[NH+](CC(=O)Nc2cc(Cl)ccc2Cl)C2CC2)cc1. The van der Waals surface area contributed by atoms with E-state index < -0.39 is 0 Å². The van der Waals surface area contributed by atoms with E-state index in [0.717, 1.165) is 25.1 Å². The summed E-state index contributed by atoms with van der Waals surface area (Å²) >= 11 is 12.1. The number of ether oxygens (including phenoxy) is 1. The molecule has 1 aliphatic rings. The minimum atomic E-state index is -0.0559. The second-order valence-electron chi connectivity index (χ2n) is 6.31. The lowest BCUT2D eigenvalue weighted by atomic mass is 10.2. The van der Waals surface area contributed by atoms with Gasteiger partial charge in [-0.2, -0.15) is 0 Å². The van der Waals surface area contributed by atoms with Gasteiger partial charge in [0.2, 0.25) is 0 Å². The first-order chi connectivity index (χ1) is 12.0. The van der Waals surface area contributed by atoms with Crippen molar-refractivity contribution >= 4 is 34.8 Å². The number of quaternary nitrogens is 1. The van der Waals surface area contributed by atoms with Crippen LogP contribution in [0.4, 0.5) is 5.69 Å². The van der Waals surface area contributed by atoms with E-state index in [2.05, 4.69) is 5.32 Å². The Balaban J connectivity index is 1.63. The molecule has 0 bridgehead atoms. The lowest BCUT2D eigenvalue weighted by molar-refractivity contribution is -0.916. The maximum atomic E-state index is 12.5. The third kappa shape index (κ3) is 5.11. The average molecular weight is 380 g/mol. The number of carbonyl (C=O) groups excluding carboxylic acids is 1. The molecule has 2 aromatic rings. The summed E-state index contributed by atoms with van der Waals surface area (Å²) in [7, 11) is 1.65. The van der Waals surface area contributed by atoms with Gasteiger partial charge in [-0.1, -0.05) is 23.2 Å². The van der Waals surface area contributed by atoms with E-state index in [1.807, 2.05) is 24.3 Å². The van der Waals surface area contributed by atoms with Crippen LogP contribution in [-0.2, 0) is 11.3 Å². The molecular formula is C19H21Cl2N2O2+. The van der Waals surface area contributed by atoms with Crippen LogP contribution in [-0.4, -0.2) is 25.6 Å². The highest BCUT2D eigenvalue weighted by atomic mass is 35.5. The van der Waals surface area contributed by atoms with Crippen LogP contribution in [0.5, 0.6) is 5.75 Å². The number of amides is 1. The summed E-state index contributed by atoms with van der Waals surface area (Å²) in [4.78, 5) is 13.7. The van der Waals surface area contributed by atoms with E-state index in [0.29, 0.717) is 28.3 Å². The van der Waals surface area contributed by atoms with Gasteiger partial charge in [0.05, 0.1) is 23.9 Å². The van der Waals surface area contributed by atoms with Crippen molar-refractivity contribution in [2.75, 3.05) is 19.0 Å². The van der Waals surface area contributed by atoms with Crippen molar-refractivity contribution in [3.63, 3.8) is 0 Å². The Morgan fingerprint density at radius 3 is 2.56 bits per heavy atom. The number of hydrogen-bond donors (Lipinski definition) is 2. The van der Waals surface area contributed by atoms with Crippen molar-refractivity contribution in [3.05, 3.63) is 58.1 Å². The number of anilines is 1. The summed E-state index contributed by atoms with van der Waals surface area (Å²) in [6.45, 7) is 1.21. The first-order valence-corrected chi connectivity index (χ1v) is 9.03. The van der Waals surface area contributed by atoms with Crippen molar-refractivity contribution in [3.8, 4) is 5.75 Å². The van der Waals surface area contributed by atoms with Gasteiger partial charge in [-0.25, -0.2) is 0 Å². The molecule has 1 saturated carbocycles. The van der Waals surface area contributed by atoms with E-state index in [-0.39, 0.29) is 5.91 Å². The Bertz CT molecular complexity index is 746. The fourth-order valence-corrected chi connectivity index (χ4v) is 3.18. The van der Waals surface area contributed by atoms with Crippen molar-refractivity contribution in [1.82, 2.24) is 0 Å². The van der Waals surface area contributed by atoms with Gasteiger partial charge in [0.15, 0.2) is 6.54 Å². The highest BCUT2D eigenvalue weighted by molar-refractivity contribution is 6.35. The van der Waals surface area contributed by atoms with Crippen molar-refractivity contribution in [1.29, 1.82) is 0 Å². The summed E-state index contributed by atoms with van der Waals surface area (Å²) in [5.41, 5.74) is 1.75. The van der Waals surface area contributed by atoms with Gasteiger partial charge in [-0.05, 0) is 42.5 Å². The van der Waals surface area contributed by atoms with E-state index in [4.69, 9.17) is 27.9 Å². The largest absolute Gasteiger partial charge is 0.497 e. The third-order valence-corrected chi connectivity index (χ3v) is 4.90. The molecule has 132 valence electrons. The second kappa shape index (κ2) is 8.09. The van der Waals surface area contributed by atoms with Gasteiger partial charge >= 0.3 is 0 Å². The lowest BCUT2D eigenvalue weighted by Crippen LogP contribution is -3.13. The van der Waals surface area contributed by atoms with Crippen LogP contribution in [0.15, 0.2) is 42.5 Å². The molecule has 0 aliphatic heterocycles. The Morgan fingerprint density at radius 2 is 1.92 bits per heavy atom. The standard InChI is InChI=1S/C19H20Cl2N2O2/c1-25-16-7-2-13(3-8-16)11-23(15-5-6-15)12-19(24)22-18-10-14(20)4-9-17(18)21/h2-4,7-10,15H,5-6,11-12H2,1H3,(H,22,24)/p+1. The zero-order chi connectivity index (χ0) is 17.8. The van der Waals surface area contributed by atoms with Crippen molar-refractivity contribution in [2.45, 2.75) is 25.4 Å². The van der Waals surface area contributed by atoms with E-state index >= 15 is 0 Å². The molecule has 4 nitrogen and oxygen atoms in total. The fraction of sp³-hybridized carbons (Fsp3) is 0.316. The van der Waals surface area contributed by atoms with Crippen LogP contribution in [0.2, 0.25) is 10.0 Å². The van der Waals surface area contributed by atoms with E-state index in [1.54, 1.807) is 25.3 Å². The van der Waals surface area contributed by atoms with Crippen molar-refractivity contribution < 1.29 is 14.4 Å². The number of nitrogens with one attached hydrogen (secondary N) is 2. The predicted octanol–water partition coefficient (Wildman–Crippen LogP) is 3.19. The Morgan fingerprint density at radius 1 is 1.20 bits per heavy atom. The van der Waals surface area contributed by atoms with Gasteiger partial charge in [0, 0.05) is 23.4 Å². The normalized spacial score (nSPS) is 14.8. The highest BCUT2D eigenvalue weighted by Crippen LogP contribution is 2.25. The molecule has 25 heavy (non-hydrogen) atoms. The van der Waals surface area contributed by atoms with Gasteiger partial charge in [-0.15, -0.1) is 0 Å². The topological polar surface area (TPSA) is 42.8 Å². The molecule has 1 amide bonds. The van der Waals surface area contributed by atoms with Crippen LogP contribution in [0.25, 0.3) is 0 Å². The summed E-state index contributed by atoms with van der Waals surface area (Å²) < 4.78 is 5.19. The average Bonchev–Trinajstić information content (AvgIpc) is 3.43. The van der Waals surface area contributed by atoms with Crippen molar-refractivity contribution in [2.24, 2.45) is 0 Å². The fourth-order valence-electron chi connectivity index (χ4n) is 2.84. The molecule has 0 aromatic heterocycles. The molecule has 0 saturated heterocycles. The van der Waals surface area contributed by atoms with E-state index in [1.165, 1.54) is 10.5 Å². The maximum absolute atomic E-state index is 12.5. The minimum Gasteiger partial charge on any atom is -0.497 e. The zero-order valence-electron chi connectivity index (χ0n) is 14.0. The van der Waals surface area contributed by atoms with Crippen LogP contribution in [0, 0.1) is 0 Å². The molecule has 3 rings (SSSR count). The van der Waals surface area contributed by atoms with Gasteiger partial charge in [0.25, 0.3) is 5.91 Å². The molecule has 2 aromatic carbocycles. The van der Waals surface area contributed by atoms with Gasteiger partial charge in [-0.3, -0.25) is 4.79 Å². The number of benzene rings is 2. The second-order valence-corrected chi connectivity index (χ2v) is 7.15. The number of methoxy groups -OCH3 is 1. The number of carbonyl (C=O) groups is 1. The molecule has 1 aliphatic carbocycles. The molecule has 0 heterocycles. The summed E-state index contributed by atoms with van der Waals surface area (Å²) in [5.74, 6) is 0.782. The van der Waals surface area contributed by atoms with E-state index in [9.17, 15) is 4.79 Å². The van der Waals surface area contributed by atoms with Gasteiger partial charge < -0.3 is 15.0 Å². The monoisotopic (exact) mass is 379 g/mol. The Hall–Kier alpha value is -1.75. The predicted molar refractivity (Wildman–Crippen MR) is 101 cm³/mol. The molecule has 1 fully saturated rings. The minimum absolute atomic E-state index is 0.0559. The lowest BCUT2D eigenvalue weighted by Gasteiger charge is -2.19. The summed E-state index contributed by atoms with van der Waals surface area (Å²) in [6.07, 6.45) is 2.33. The maximum Gasteiger partial charge on any atom is 0.279 e. The molecular weight excluding hydrogens is 359 g/mol. The number of rotatable bonds is 7. The Kier molecular flexibility index (Phi) is 5.84. The first-order valence-electron chi connectivity index (χ1n) is 8.27. The third-order valence-electron chi connectivity index (χ3n) is 4.34. The molecule has 1 atom stereocenters. The van der Waals surface area contributed by atoms with Crippen LogP contribution >= 0.6 is 23.2 Å².